The lowest BCUT2D eigenvalue weighted by Crippen LogP contribution is -2.61. The number of benzene rings is 19. The van der Waals surface area contributed by atoms with E-state index < -0.39 is 6.71 Å². The number of aromatic nitrogens is 3. The van der Waals surface area contributed by atoms with Crippen molar-refractivity contribution in [2.75, 3.05) is 9.80 Å². The fourth-order valence-corrected chi connectivity index (χ4v) is 19.0. The lowest BCUT2D eigenvalue weighted by Gasteiger charge is -2.46. The van der Waals surface area contributed by atoms with Crippen LogP contribution in [0, 0.1) is 0 Å². The van der Waals surface area contributed by atoms with Crippen LogP contribution in [0.2, 0.25) is 0 Å². The van der Waals surface area contributed by atoms with Gasteiger partial charge in [0.15, 0.2) is 0 Å². The van der Waals surface area contributed by atoms with E-state index in [1.54, 1.807) is 106 Å². The molecule has 0 atom stereocenters. The van der Waals surface area contributed by atoms with Crippen LogP contribution in [0.3, 0.4) is 0 Å². The minimum atomic E-state index is -1.06. The molecule has 0 N–H and O–H groups in total. The third kappa shape index (κ3) is 10.2. The van der Waals surface area contributed by atoms with Gasteiger partial charge in [-0.15, -0.1) is 0 Å². The number of fused-ring (bicyclic) bond motifs is 18. The van der Waals surface area contributed by atoms with E-state index in [4.69, 9.17) is 0 Å². The molecule has 0 radical (unpaired) electrons. The van der Waals surface area contributed by atoms with Gasteiger partial charge in [-0.1, -0.05) is 352 Å². The monoisotopic (exact) mass is 1540 g/mol. The van der Waals surface area contributed by atoms with Gasteiger partial charge in [0.2, 0.25) is 0 Å². The second-order valence-corrected chi connectivity index (χ2v) is 30.6. The lowest BCUT2D eigenvalue weighted by molar-refractivity contribution is 1.17. The van der Waals surface area contributed by atoms with Crippen LogP contribution in [-0.4, -0.2) is 20.2 Å². The molecule has 0 aliphatic carbocycles. The molecule has 120 heavy (non-hydrogen) atoms. The average Bonchev–Trinajstić information content (AvgIpc) is 1.32. The van der Waals surface area contributed by atoms with E-state index in [1.165, 1.54) is 0 Å². The summed E-state index contributed by atoms with van der Waals surface area (Å²) >= 11 is 0. The number of para-hydroxylation sites is 4. The molecule has 0 saturated carbocycles. The molecule has 6 heteroatoms. The maximum atomic E-state index is 10.8. The zero-order valence-electron chi connectivity index (χ0n) is 82.0. The second kappa shape index (κ2) is 26.9. The van der Waals surface area contributed by atoms with Crippen molar-refractivity contribution in [3.05, 3.63) is 436 Å². The summed E-state index contributed by atoms with van der Waals surface area (Å²) in [6.45, 7) is -1.06. The highest BCUT2D eigenvalue weighted by Gasteiger charge is 2.49. The van der Waals surface area contributed by atoms with Crippen LogP contribution >= 0.6 is 0 Å². The fraction of sp³-hybridized carbons (Fsp3) is 0. The maximum absolute atomic E-state index is 10.8. The van der Waals surface area contributed by atoms with Crippen molar-refractivity contribution in [1.82, 2.24) is 13.5 Å². The minimum Gasteiger partial charge on any atom is -0.309 e. The van der Waals surface area contributed by atoms with Gasteiger partial charge >= 0.3 is 0 Å². The topological polar surface area (TPSA) is 20.8 Å². The number of anilines is 6. The SMILES string of the molecule is [2H]c1c([2H])c(-c2ccccc2)c(N2c3cc(-n4c5c([2H])c([2H])c(-c6ccccc6)c([2H])c5c5c([2H])c(-c6ccccc6)c([2H])c([2H])c54)ccc3B3c4ccc(-n5c6c([2H])c([2H])c(-c7ccccc7)c([2H])c6c6c([2H])c(-c7ccccc7)c([2H])c([2H])c65)cc4N(c4c(-c5ccccc5)c([2H])c([2H])c([2H])c4-c4ccccc4)c4c3c2c2c3ccccc3n3c5ccccc5c4c23)c(-c2ccccc2)c1[2H]. The van der Waals surface area contributed by atoms with Crippen LogP contribution in [0.5, 0.6) is 0 Å². The summed E-state index contributed by atoms with van der Waals surface area (Å²) in [7, 11) is 0. The number of nitrogens with zero attached hydrogens (tertiary/aromatic N) is 5. The fourth-order valence-electron chi connectivity index (χ4n) is 19.0. The first-order chi connectivity index (χ1) is 67.2. The van der Waals surface area contributed by atoms with Crippen molar-refractivity contribution < 1.29 is 24.7 Å². The van der Waals surface area contributed by atoms with E-state index in [1.807, 2.05) is 206 Å². The molecule has 2 aliphatic rings. The molecule has 25 rings (SSSR count). The van der Waals surface area contributed by atoms with Crippen LogP contribution in [0.15, 0.2) is 436 Å². The smallest absolute Gasteiger partial charge is 0.252 e. The number of hydrogen-bond donors (Lipinski definition) is 0. The molecular weight excluding hydrogens is 1450 g/mol. The largest absolute Gasteiger partial charge is 0.309 e. The Balaban J connectivity index is 0.924. The molecule has 4 aromatic heterocycles. The van der Waals surface area contributed by atoms with Crippen molar-refractivity contribution in [1.29, 1.82) is 0 Å². The summed E-state index contributed by atoms with van der Waals surface area (Å²) in [5, 5.41) is 3.19. The molecule has 5 nitrogen and oxygen atoms in total. The van der Waals surface area contributed by atoms with Crippen LogP contribution in [0.1, 0.15) is 24.7 Å². The van der Waals surface area contributed by atoms with Crippen molar-refractivity contribution in [2.24, 2.45) is 0 Å². The van der Waals surface area contributed by atoms with Gasteiger partial charge in [0.05, 0.1) is 86.0 Å². The van der Waals surface area contributed by atoms with Gasteiger partial charge in [0, 0.05) is 88.1 Å². The Kier molecular flexibility index (Phi) is 11.7. The molecule has 556 valence electrons. The van der Waals surface area contributed by atoms with E-state index in [9.17, 15) is 24.7 Å². The molecule has 0 fully saturated rings. The van der Waals surface area contributed by atoms with E-state index in [0.29, 0.717) is 99.9 Å². The third-order valence-corrected chi connectivity index (χ3v) is 24.1. The predicted octanol–water partition coefficient (Wildman–Crippen LogP) is 28.4. The molecule has 0 spiro atoms. The molecule has 2 aliphatic heterocycles. The summed E-state index contributed by atoms with van der Waals surface area (Å²) in [5.41, 5.74) is 11.9. The normalized spacial score (nSPS) is 14.6. The summed E-state index contributed by atoms with van der Waals surface area (Å²) in [4.78, 5) is 4.22. The van der Waals surface area contributed by atoms with Gasteiger partial charge in [-0.05, 0) is 168 Å². The zero-order valence-corrected chi connectivity index (χ0v) is 64.0. The zero-order chi connectivity index (χ0) is 94.3. The molecule has 0 bridgehead atoms. The van der Waals surface area contributed by atoms with Crippen molar-refractivity contribution in [2.45, 2.75) is 0 Å². The summed E-state index contributed by atoms with van der Waals surface area (Å²) in [6.07, 6.45) is 0. The standard InChI is InChI=1S/C114H72BN5/c1-9-31-73(32-10-1)81-55-63-101-93(67-81)94-68-82(74-33-11-2-12-34-74)56-64-102(94)116(101)85-59-61-97-105(71-85)119(110-87(77-39-17-5-18-40-77)49-29-50-88(110)78-41-19-6-20-42-78)113-107-91-47-25-27-53-99(91)118-100-54-28-26-48-92(100)108(112(107)118)114-109(113)115(97)98-62-60-86(72-106(98)120(114)111-89(79-43-21-7-22-44-79)51-30-52-90(111)80-45-23-8-24-46-80)117-103-65-57-83(75-35-13-3-14-36-75)69-95(103)96-70-84(58-66-104(96)117)76-37-15-4-16-38-76/h1-72H/i29D,30D,49D,50D,51D,52D,55D,56D,57D,58D,63D,64D,65D,66D,67D,68D,69D,70D. The Hall–Kier alpha value is -15.8. The Bertz CT molecular complexity index is 8340. The van der Waals surface area contributed by atoms with Crippen molar-refractivity contribution >= 4 is 139 Å². The van der Waals surface area contributed by atoms with Gasteiger partial charge in [-0.2, -0.15) is 0 Å². The highest BCUT2D eigenvalue weighted by molar-refractivity contribution is 7.01. The summed E-state index contributed by atoms with van der Waals surface area (Å²) in [6, 6.07) is 95.6. The first kappa shape index (κ1) is 52.0. The van der Waals surface area contributed by atoms with Crippen molar-refractivity contribution in [3.63, 3.8) is 0 Å². The predicted molar refractivity (Wildman–Crippen MR) is 507 cm³/mol. The summed E-state index contributed by atoms with van der Waals surface area (Å²) < 4.78 is 195. The van der Waals surface area contributed by atoms with Gasteiger partial charge in [-0.25, -0.2) is 0 Å². The Morgan fingerprint density at radius 3 is 0.800 bits per heavy atom. The Morgan fingerprint density at radius 1 is 0.225 bits per heavy atom. The van der Waals surface area contributed by atoms with E-state index in [-0.39, 0.29) is 220 Å². The molecule has 0 unspecified atom stereocenters. The Labute approximate surface area is 720 Å². The molecule has 19 aromatic carbocycles. The molecule has 0 amide bonds. The van der Waals surface area contributed by atoms with E-state index in [2.05, 4.69) is 38.5 Å². The first-order valence-corrected chi connectivity index (χ1v) is 40.1. The van der Waals surface area contributed by atoms with E-state index >= 15 is 0 Å². The first-order valence-electron chi connectivity index (χ1n) is 49.1. The quantitative estimate of drug-likeness (QED) is 0.114. The average molecular weight is 1540 g/mol. The molecular formula is C114H72BN5. The van der Waals surface area contributed by atoms with Crippen LogP contribution < -0.4 is 26.2 Å². The third-order valence-electron chi connectivity index (χ3n) is 24.1. The van der Waals surface area contributed by atoms with Gasteiger partial charge < -0.3 is 23.3 Å². The highest BCUT2D eigenvalue weighted by Crippen LogP contribution is 2.59. The second-order valence-electron chi connectivity index (χ2n) is 30.6. The van der Waals surface area contributed by atoms with E-state index in [0.717, 1.165) is 21.8 Å². The van der Waals surface area contributed by atoms with Gasteiger partial charge in [0.25, 0.3) is 6.71 Å². The molecule has 0 saturated heterocycles. The van der Waals surface area contributed by atoms with Gasteiger partial charge in [0.1, 0.15) is 0 Å². The summed E-state index contributed by atoms with van der Waals surface area (Å²) in [5.74, 6) is 0. The lowest BCUT2D eigenvalue weighted by atomic mass is 9.33. The van der Waals surface area contributed by atoms with Crippen molar-refractivity contribution in [3.8, 4) is 100 Å². The molecule has 6 heterocycles. The number of hydrogen-bond acceptors (Lipinski definition) is 2. The van der Waals surface area contributed by atoms with Crippen LogP contribution in [-0.2, 0) is 0 Å². The maximum Gasteiger partial charge on any atom is 0.252 e. The van der Waals surface area contributed by atoms with Gasteiger partial charge in [-0.3, -0.25) is 0 Å². The molecule has 23 aromatic rings. The highest BCUT2D eigenvalue weighted by atomic mass is 15.2. The van der Waals surface area contributed by atoms with Crippen LogP contribution in [0.25, 0.3) is 182 Å². The minimum absolute atomic E-state index is 0.00393. The number of rotatable bonds is 12. The van der Waals surface area contributed by atoms with Crippen LogP contribution in [0.4, 0.5) is 34.1 Å². The Morgan fingerprint density at radius 2 is 0.500 bits per heavy atom.